The molecule has 2 aliphatic heterocycles. The zero-order valence-electron chi connectivity index (χ0n) is 8.69. The number of amides is 1. The predicted octanol–water partition coefficient (Wildman–Crippen LogP) is 1.55. The second-order valence-corrected chi connectivity index (χ2v) is 5.92. The van der Waals surface area contributed by atoms with Crippen molar-refractivity contribution in [3.63, 3.8) is 0 Å². The fraction of sp³-hybridized carbons (Fsp3) is 0.909. The number of likely N-dealkylation sites (tertiary alicyclic amines) is 1. The van der Waals surface area contributed by atoms with Crippen LogP contribution in [0.5, 0.6) is 0 Å². The molecule has 0 bridgehead atoms. The van der Waals surface area contributed by atoms with Gasteiger partial charge in [-0.1, -0.05) is 15.9 Å². The summed E-state index contributed by atoms with van der Waals surface area (Å²) in [5.74, 6) is 1.01. The molecular weight excluding hydrogens is 258 g/mol. The molecule has 3 rings (SSSR count). The predicted molar refractivity (Wildman–Crippen MR) is 59.9 cm³/mol. The lowest BCUT2D eigenvalue weighted by molar-refractivity contribution is -0.130. The molecule has 3 unspecified atom stereocenters. The minimum atomic E-state index is 0.0537. The normalized spacial score (nSPS) is 41.5. The van der Waals surface area contributed by atoms with Crippen molar-refractivity contribution in [1.82, 2.24) is 4.90 Å². The number of carbonyl (C=O) groups excluding carboxylic acids is 1. The summed E-state index contributed by atoms with van der Waals surface area (Å²) in [6, 6.07) is 0.368. The van der Waals surface area contributed by atoms with E-state index in [0.717, 1.165) is 31.9 Å². The number of rotatable bonds is 2. The van der Waals surface area contributed by atoms with E-state index in [1.807, 2.05) is 0 Å². The van der Waals surface area contributed by atoms with Gasteiger partial charge in [0.2, 0.25) is 5.91 Å². The lowest BCUT2D eigenvalue weighted by Gasteiger charge is -2.28. The third-order valence-corrected chi connectivity index (χ3v) is 4.61. The van der Waals surface area contributed by atoms with Crippen molar-refractivity contribution in [2.24, 2.45) is 5.92 Å². The first-order valence-corrected chi connectivity index (χ1v) is 6.75. The van der Waals surface area contributed by atoms with E-state index in [4.69, 9.17) is 4.74 Å². The Labute approximate surface area is 98.3 Å². The number of alkyl halides is 1. The molecular formula is C11H16BrNO2. The van der Waals surface area contributed by atoms with Gasteiger partial charge < -0.3 is 9.64 Å². The molecule has 0 aromatic heterocycles. The lowest BCUT2D eigenvalue weighted by Crippen LogP contribution is -2.43. The Kier molecular flexibility index (Phi) is 2.51. The summed E-state index contributed by atoms with van der Waals surface area (Å²) < 4.78 is 5.78. The number of carbonyl (C=O) groups is 1. The number of hydrogen-bond donors (Lipinski definition) is 0. The fourth-order valence-corrected chi connectivity index (χ4v) is 3.27. The smallest absolute Gasteiger partial charge is 0.236 e. The van der Waals surface area contributed by atoms with E-state index < -0.39 is 0 Å². The maximum absolute atomic E-state index is 11.9. The van der Waals surface area contributed by atoms with Gasteiger partial charge in [0.1, 0.15) is 0 Å². The van der Waals surface area contributed by atoms with Crippen LogP contribution in [0.15, 0.2) is 0 Å². The van der Waals surface area contributed by atoms with E-state index in [1.54, 1.807) is 0 Å². The van der Waals surface area contributed by atoms with Crippen molar-refractivity contribution in [2.45, 2.75) is 42.7 Å². The van der Waals surface area contributed by atoms with Gasteiger partial charge in [-0.2, -0.15) is 0 Å². The van der Waals surface area contributed by atoms with Crippen LogP contribution in [0, 0.1) is 5.92 Å². The molecule has 1 aliphatic carbocycles. The van der Waals surface area contributed by atoms with Crippen LogP contribution >= 0.6 is 15.9 Å². The SMILES string of the molecule is O=C1C(Br)CCN1C1CCOC1C1CC1. The number of ether oxygens (including phenoxy) is 1. The molecule has 0 spiro atoms. The Balaban J connectivity index is 1.72. The Morgan fingerprint density at radius 3 is 2.67 bits per heavy atom. The van der Waals surface area contributed by atoms with Gasteiger partial charge in [-0.3, -0.25) is 4.79 Å². The van der Waals surface area contributed by atoms with Gasteiger partial charge in [0.15, 0.2) is 0 Å². The van der Waals surface area contributed by atoms with Gasteiger partial charge in [-0.15, -0.1) is 0 Å². The molecule has 0 aromatic carbocycles. The van der Waals surface area contributed by atoms with Crippen LogP contribution in [0.25, 0.3) is 0 Å². The molecule has 3 aliphatic rings. The highest BCUT2D eigenvalue weighted by Crippen LogP contribution is 2.41. The third kappa shape index (κ3) is 1.72. The largest absolute Gasteiger partial charge is 0.376 e. The molecule has 3 fully saturated rings. The van der Waals surface area contributed by atoms with Crippen molar-refractivity contribution < 1.29 is 9.53 Å². The second kappa shape index (κ2) is 3.74. The molecule has 1 amide bonds. The Bertz CT molecular complexity index is 280. The summed E-state index contributed by atoms with van der Waals surface area (Å²) in [7, 11) is 0. The molecule has 4 heteroatoms. The summed E-state index contributed by atoms with van der Waals surface area (Å²) in [5.41, 5.74) is 0. The van der Waals surface area contributed by atoms with Crippen LogP contribution in [0.4, 0.5) is 0 Å². The van der Waals surface area contributed by atoms with Gasteiger partial charge in [-0.25, -0.2) is 0 Å². The molecule has 0 radical (unpaired) electrons. The standard InChI is InChI=1S/C11H16BrNO2/c12-8-3-5-13(11(8)14)9-4-6-15-10(9)7-1-2-7/h7-10H,1-6H2. The van der Waals surface area contributed by atoms with Crippen molar-refractivity contribution in [1.29, 1.82) is 0 Å². The molecule has 84 valence electrons. The zero-order valence-corrected chi connectivity index (χ0v) is 10.3. The van der Waals surface area contributed by atoms with Crippen molar-refractivity contribution in [3.05, 3.63) is 0 Å². The molecule has 0 aromatic rings. The molecule has 3 atom stereocenters. The van der Waals surface area contributed by atoms with Crippen molar-refractivity contribution >= 4 is 21.8 Å². The topological polar surface area (TPSA) is 29.5 Å². The highest BCUT2D eigenvalue weighted by atomic mass is 79.9. The summed E-state index contributed by atoms with van der Waals surface area (Å²) in [4.78, 5) is 14.0. The average Bonchev–Trinajstić information content (AvgIpc) is 2.88. The minimum Gasteiger partial charge on any atom is -0.376 e. The lowest BCUT2D eigenvalue weighted by atomic mass is 10.1. The fourth-order valence-electron chi connectivity index (χ4n) is 2.80. The van der Waals surface area contributed by atoms with Crippen molar-refractivity contribution in [2.75, 3.05) is 13.2 Å². The maximum Gasteiger partial charge on any atom is 0.236 e. The Hall–Kier alpha value is -0.0900. The summed E-state index contributed by atoms with van der Waals surface area (Å²) in [6.07, 6.45) is 4.91. The summed E-state index contributed by atoms with van der Waals surface area (Å²) >= 11 is 3.43. The van der Waals surface area contributed by atoms with Crippen LogP contribution < -0.4 is 0 Å². The summed E-state index contributed by atoms with van der Waals surface area (Å²) in [5, 5.41) is 0. The van der Waals surface area contributed by atoms with E-state index in [2.05, 4.69) is 20.8 Å². The number of nitrogens with zero attached hydrogens (tertiary/aromatic N) is 1. The van der Waals surface area contributed by atoms with Crippen LogP contribution in [0.3, 0.4) is 0 Å². The monoisotopic (exact) mass is 273 g/mol. The maximum atomic E-state index is 11.9. The highest BCUT2D eigenvalue weighted by molar-refractivity contribution is 9.10. The minimum absolute atomic E-state index is 0.0537. The van der Waals surface area contributed by atoms with E-state index in [-0.39, 0.29) is 10.7 Å². The molecule has 15 heavy (non-hydrogen) atoms. The van der Waals surface area contributed by atoms with Gasteiger partial charge in [0.05, 0.1) is 17.0 Å². The molecule has 3 nitrogen and oxygen atoms in total. The Morgan fingerprint density at radius 2 is 2.07 bits per heavy atom. The second-order valence-electron chi connectivity index (χ2n) is 4.82. The van der Waals surface area contributed by atoms with Gasteiger partial charge in [0.25, 0.3) is 0 Å². The molecule has 2 heterocycles. The molecule has 1 saturated carbocycles. The first-order chi connectivity index (χ1) is 7.27. The van der Waals surface area contributed by atoms with Crippen LogP contribution in [-0.2, 0) is 9.53 Å². The van der Waals surface area contributed by atoms with Crippen LogP contribution in [0.2, 0.25) is 0 Å². The number of hydrogen-bond acceptors (Lipinski definition) is 2. The van der Waals surface area contributed by atoms with Gasteiger partial charge in [0, 0.05) is 13.2 Å². The van der Waals surface area contributed by atoms with Gasteiger partial charge in [-0.05, 0) is 31.6 Å². The van der Waals surface area contributed by atoms with E-state index in [0.29, 0.717) is 12.1 Å². The van der Waals surface area contributed by atoms with Crippen LogP contribution in [-0.4, -0.2) is 40.9 Å². The highest BCUT2D eigenvalue weighted by Gasteiger charge is 2.46. The zero-order chi connectivity index (χ0) is 10.4. The van der Waals surface area contributed by atoms with Gasteiger partial charge >= 0.3 is 0 Å². The first kappa shape index (κ1) is 10.1. The number of halogens is 1. The van der Waals surface area contributed by atoms with E-state index in [1.165, 1.54) is 12.8 Å². The summed E-state index contributed by atoms with van der Waals surface area (Å²) in [6.45, 7) is 1.74. The first-order valence-electron chi connectivity index (χ1n) is 5.83. The van der Waals surface area contributed by atoms with E-state index >= 15 is 0 Å². The van der Waals surface area contributed by atoms with E-state index in [9.17, 15) is 4.79 Å². The third-order valence-electron chi connectivity index (χ3n) is 3.76. The quantitative estimate of drug-likeness (QED) is 0.715. The molecule has 2 saturated heterocycles. The van der Waals surface area contributed by atoms with Crippen molar-refractivity contribution in [3.8, 4) is 0 Å². The molecule has 0 N–H and O–H groups in total. The van der Waals surface area contributed by atoms with Crippen LogP contribution in [0.1, 0.15) is 25.7 Å². The Morgan fingerprint density at radius 1 is 1.27 bits per heavy atom. The average molecular weight is 274 g/mol.